The van der Waals surface area contributed by atoms with Crippen LogP contribution in [0.25, 0.3) is 0 Å². The van der Waals surface area contributed by atoms with Crippen LogP contribution in [0.5, 0.6) is 0 Å². The zero-order valence-corrected chi connectivity index (χ0v) is 9.78. The van der Waals surface area contributed by atoms with Crippen LogP contribution in [0.2, 0.25) is 0 Å². The third-order valence-electron chi connectivity index (χ3n) is 2.82. The maximum atomic E-state index is 11.9. The van der Waals surface area contributed by atoms with Crippen molar-refractivity contribution < 1.29 is 9.90 Å². The molecule has 15 heavy (non-hydrogen) atoms. The monoisotopic (exact) mass is 225 g/mol. The van der Waals surface area contributed by atoms with Crippen molar-refractivity contribution in [1.82, 2.24) is 5.32 Å². The van der Waals surface area contributed by atoms with Gasteiger partial charge >= 0.3 is 0 Å². The summed E-state index contributed by atoms with van der Waals surface area (Å²) in [4.78, 5) is 14.1. The molecule has 4 heteroatoms. The van der Waals surface area contributed by atoms with Gasteiger partial charge in [-0.1, -0.05) is 0 Å². The van der Waals surface area contributed by atoms with E-state index in [0.29, 0.717) is 0 Å². The van der Waals surface area contributed by atoms with Gasteiger partial charge in [-0.15, -0.1) is 11.3 Å². The number of hydrogen-bond acceptors (Lipinski definition) is 3. The Kier molecular flexibility index (Phi) is 2.56. The van der Waals surface area contributed by atoms with E-state index in [2.05, 4.69) is 5.32 Å². The smallest absolute Gasteiger partial charge is 0.252 e. The Morgan fingerprint density at radius 2 is 2.27 bits per heavy atom. The number of aliphatic hydroxyl groups is 1. The van der Waals surface area contributed by atoms with E-state index in [1.54, 1.807) is 11.3 Å². The van der Waals surface area contributed by atoms with Gasteiger partial charge in [-0.25, -0.2) is 0 Å². The molecule has 0 aromatic carbocycles. The third-order valence-corrected chi connectivity index (χ3v) is 3.79. The number of aryl methyl sites for hydroxylation is 2. The van der Waals surface area contributed by atoms with E-state index in [0.717, 1.165) is 28.2 Å². The van der Waals surface area contributed by atoms with Crippen LogP contribution in [-0.2, 0) is 0 Å². The topological polar surface area (TPSA) is 49.3 Å². The minimum Gasteiger partial charge on any atom is -0.394 e. The van der Waals surface area contributed by atoms with Gasteiger partial charge in [0.05, 0.1) is 17.7 Å². The molecule has 1 aromatic rings. The molecule has 3 nitrogen and oxygen atoms in total. The Labute approximate surface area is 93.1 Å². The average Bonchev–Trinajstić information content (AvgIpc) is 2.86. The van der Waals surface area contributed by atoms with Crippen molar-refractivity contribution >= 4 is 17.2 Å². The molecule has 1 heterocycles. The Balaban J connectivity index is 2.11. The van der Waals surface area contributed by atoms with Crippen LogP contribution in [0.3, 0.4) is 0 Å². The highest BCUT2D eigenvalue weighted by Crippen LogP contribution is 2.35. The largest absolute Gasteiger partial charge is 0.394 e. The number of thiophene rings is 1. The summed E-state index contributed by atoms with van der Waals surface area (Å²) in [6.07, 6.45) is 1.77. The molecule has 0 unspecified atom stereocenters. The molecule has 1 fully saturated rings. The van der Waals surface area contributed by atoms with Crippen molar-refractivity contribution in [2.75, 3.05) is 6.61 Å². The predicted molar refractivity (Wildman–Crippen MR) is 60.3 cm³/mol. The molecule has 0 bridgehead atoms. The lowest BCUT2D eigenvalue weighted by Crippen LogP contribution is -2.39. The first-order chi connectivity index (χ1) is 7.06. The van der Waals surface area contributed by atoms with Crippen molar-refractivity contribution in [2.45, 2.75) is 32.2 Å². The highest BCUT2D eigenvalue weighted by atomic mass is 32.1. The molecule has 2 rings (SSSR count). The summed E-state index contributed by atoms with van der Waals surface area (Å²) in [5.41, 5.74) is 0.427. The van der Waals surface area contributed by atoms with Crippen molar-refractivity contribution in [3.63, 3.8) is 0 Å². The molecule has 0 spiro atoms. The van der Waals surface area contributed by atoms with Gasteiger partial charge in [0.15, 0.2) is 0 Å². The summed E-state index contributed by atoms with van der Waals surface area (Å²) >= 11 is 1.63. The van der Waals surface area contributed by atoms with Gasteiger partial charge in [0.25, 0.3) is 5.91 Å². The first-order valence-electron chi connectivity index (χ1n) is 5.07. The van der Waals surface area contributed by atoms with E-state index in [9.17, 15) is 4.79 Å². The SMILES string of the molecule is Cc1cc(C(=O)NC2(CO)CC2)c(C)s1. The molecule has 82 valence electrons. The fraction of sp³-hybridized carbons (Fsp3) is 0.545. The summed E-state index contributed by atoms with van der Waals surface area (Å²) < 4.78 is 0. The Morgan fingerprint density at radius 1 is 1.60 bits per heavy atom. The van der Waals surface area contributed by atoms with Crippen LogP contribution in [0.4, 0.5) is 0 Å². The third kappa shape index (κ3) is 2.06. The first kappa shape index (κ1) is 10.6. The maximum Gasteiger partial charge on any atom is 0.252 e. The fourth-order valence-corrected chi connectivity index (χ4v) is 2.56. The standard InChI is InChI=1S/C11H15NO2S/c1-7-5-9(8(2)15-7)10(14)12-11(6-13)3-4-11/h5,13H,3-4,6H2,1-2H3,(H,12,14). The Bertz CT molecular complexity index is 393. The van der Waals surface area contributed by atoms with E-state index in [1.165, 1.54) is 0 Å². The first-order valence-corrected chi connectivity index (χ1v) is 5.88. The Hall–Kier alpha value is -0.870. The van der Waals surface area contributed by atoms with E-state index < -0.39 is 0 Å². The van der Waals surface area contributed by atoms with Crippen LogP contribution in [0, 0.1) is 13.8 Å². The second-order valence-electron chi connectivity index (χ2n) is 4.22. The van der Waals surface area contributed by atoms with Crippen LogP contribution in [0.15, 0.2) is 6.07 Å². The zero-order chi connectivity index (χ0) is 11.1. The maximum absolute atomic E-state index is 11.9. The highest BCUT2D eigenvalue weighted by Gasteiger charge is 2.43. The summed E-state index contributed by atoms with van der Waals surface area (Å²) in [7, 11) is 0. The number of carbonyl (C=O) groups is 1. The van der Waals surface area contributed by atoms with Crippen molar-refractivity contribution in [1.29, 1.82) is 0 Å². The zero-order valence-electron chi connectivity index (χ0n) is 8.96. The molecule has 2 N–H and O–H groups in total. The molecule has 0 radical (unpaired) electrons. The van der Waals surface area contributed by atoms with Crippen LogP contribution < -0.4 is 5.32 Å². The Morgan fingerprint density at radius 3 is 2.67 bits per heavy atom. The van der Waals surface area contributed by atoms with Gasteiger partial charge in [-0.3, -0.25) is 4.79 Å². The summed E-state index contributed by atoms with van der Waals surface area (Å²) in [5, 5.41) is 12.0. The summed E-state index contributed by atoms with van der Waals surface area (Å²) in [5.74, 6) is -0.0524. The van der Waals surface area contributed by atoms with E-state index >= 15 is 0 Å². The number of aliphatic hydroxyl groups excluding tert-OH is 1. The molecule has 0 atom stereocenters. The molecular weight excluding hydrogens is 210 g/mol. The fourth-order valence-electron chi connectivity index (χ4n) is 1.64. The lowest BCUT2D eigenvalue weighted by atomic mass is 10.2. The van der Waals surface area contributed by atoms with Gasteiger partial charge in [-0.2, -0.15) is 0 Å². The molecule has 0 aliphatic heterocycles. The quantitative estimate of drug-likeness (QED) is 0.821. The number of carbonyl (C=O) groups excluding carboxylic acids is 1. The number of nitrogens with one attached hydrogen (secondary N) is 1. The normalized spacial score (nSPS) is 17.5. The summed E-state index contributed by atoms with van der Waals surface area (Å²) in [6.45, 7) is 3.99. The second kappa shape index (κ2) is 3.61. The number of hydrogen-bond donors (Lipinski definition) is 2. The van der Waals surface area contributed by atoms with Gasteiger partial charge in [0.2, 0.25) is 0 Å². The van der Waals surface area contributed by atoms with Crippen LogP contribution in [-0.4, -0.2) is 23.2 Å². The number of rotatable bonds is 3. The molecule has 1 amide bonds. The van der Waals surface area contributed by atoms with Crippen molar-refractivity contribution in [2.24, 2.45) is 0 Å². The molecule has 1 saturated carbocycles. The van der Waals surface area contributed by atoms with Gasteiger partial charge in [-0.05, 0) is 32.8 Å². The molecule has 1 aliphatic rings. The van der Waals surface area contributed by atoms with E-state index in [1.807, 2.05) is 19.9 Å². The van der Waals surface area contributed by atoms with Gasteiger partial charge in [0.1, 0.15) is 0 Å². The highest BCUT2D eigenvalue weighted by molar-refractivity contribution is 7.12. The van der Waals surface area contributed by atoms with Gasteiger partial charge in [0, 0.05) is 9.75 Å². The van der Waals surface area contributed by atoms with Crippen LogP contribution >= 0.6 is 11.3 Å². The minimum atomic E-state index is -0.320. The van der Waals surface area contributed by atoms with Crippen molar-refractivity contribution in [3.8, 4) is 0 Å². The molecular formula is C11H15NO2S. The summed E-state index contributed by atoms with van der Waals surface area (Å²) in [6, 6.07) is 1.91. The van der Waals surface area contributed by atoms with E-state index in [4.69, 9.17) is 5.11 Å². The van der Waals surface area contributed by atoms with Gasteiger partial charge < -0.3 is 10.4 Å². The van der Waals surface area contributed by atoms with Crippen LogP contribution in [0.1, 0.15) is 33.0 Å². The van der Waals surface area contributed by atoms with Crippen molar-refractivity contribution in [3.05, 3.63) is 21.4 Å². The molecule has 0 saturated heterocycles. The number of amides is 1. The lowest BCUT2D eigenvalue weighted by molar-refractivity contribution is 0.0906. The molecule has 1 aliphatic carbocycles. The second-order valence-corrected chi connectivity index (χ2v) is 5.68. The lowest BCUT2D eigenvalue weighted by Gasteiger charge is -2.13. The minimum absolute atomic E-state index is 0.0426. The average molecular weight is 225 g/mol. The van der Waals surface area contributed by atoms with E-state index in [-0.39, 0.29) is 18.1 Å². The predicted octanol–water partition coefficient (Wildman–Crippen LogP) is 1.62. The molecule has 1 aromatic heterocycles.